The Morgan fingerprint density at radius 3 is 2.84 bits per heavy atom. The molecule has 2 bridgehead atoms. The van der Waals surface area contributed by atoms with Gasteiger partial charge in [0.15, 0.2) is 0 Å². The molecular weight excluding hydrogens is 446 g/mol. The zero-order chi connectivity index (χ0) is 22.1. The minimum atomic E-state index is -0.326. The zero-order valence-corrected chi connectivity index (χ0v) is 18.9. The number of rotatable bonds is 4. The maximum absolute atomic E-state index is 13.2. The average Bonchev–Trinajstić information content (AvgIpc) is 3.46. The van der Waals surface area contributed by atoms with Gasteiger partial charge in [-0.2, -0.15) is 0 Å². The minimum absolute atomic E-state index is 0.0513. The number of nitrogens with zero attached hydrogens (tertiary/aromatic N) is 1. The smallest absolute Gasteiger partial charge is 0.305 e. The van der Waals surface area contributed by atoms with Gasteiger partial charge in [-0.1, -0.05) is 40.8 Å². The van der Waals surface area contributed by atoms with Crippen LogP contribution in [-0.4, -0.2) is 39.4 Å². The lowest BCUT2D eigenvalue weighted by atomic mass is 9.77. The van der Waals surface area contributed by atoms with Gasteiger partial charge in [0.25, 0.3) is 0 Å². The van der Waals surface area contributed by atoms with E-state index in [9.17, 15) is 19.2 Å². The van der Waals surface area contributed by atoms with E-state index in [1.165, 1.54) is 21.8 Å². The van der Waals surface area contributed by atoms with E-state index < -0.39 is 0 Å². The van der Waals surface area contributed by atoms with Crippen LogP contribution in [0.15, 0.2) is 39.7 Å². The molecule has 9 heteroatoms. The van der Waals surface area contributed by atoms with Crippen molar-refractivity contribution in [1.29, 1.82) is 0 Å². The molecule has 2 aromatic rings. The van der Waals surface area contributed by atoms with Crippen LogP contribution in [0.4, 0.5) is 5.69 Å². The van der Waals surface area contributed by atoms with Gasteiger partial charge in [0, 0.05) is 23.9 Å². The molecule has 3 amide bonds. The van der Waals surface area contributed by atoms with Crippen molar-refractivity contribution in [2.45, 2.75) is 30.0 Å². The van der Waals surface area contributed by atoms with Gasteiger partial charge in [-0.15, -0.1) is 0 Å². The van der Waals surface area contributed by atoms with Crippen LogP contribution < -0.4 is 10.2 Å². The second-order valence-electron chi connectivity index (χ2n) is 8.94. The number of H-pyrrole nitrogens is 1. The molecule has 1 saturated heterocycles. The number of imide groups is 1. The van der Waals surface area contributed by atoms with Crippen LogP contribution in [0.1, 0.15) is 23.3 Å². The topological polar surface area (TPSA) is 99.3 Å². The first-order valence-corrected chi connectivity index (χ1v) is 12.4. The van der Waals surface area contributed by atoms with Gasteiger partial charge in [-0.25, -0.2) is 0 Å². The third-order valence-electron chi connectivity index (χ3n) is 7.10. The molecule has 0 radical (unpaired) electrons. The second-order valence-corrected chi connectivity index (χ2v) is 11.1. The van der Waals surface area contributed by atoms with Crippen molar-refractivity contribution in [2.75, 3.05) is 11.9 Å². The lowest BCUT2D eigenvalue weighted by molar-refractivity contribution is -0.140. The van der Waals surface area contributed by atoms with Crippen molar-refractivity contribution in [2.24, 2.45) is 23.7 Å². The summed E-state index contributed by atoms with van der Waals surface area (Å²) in [6, 6.07) is 7.52. The molecule has 32 heavy (non-hydrogen) atoms. The van der Waals surface area contributed by atoms with Crippen LogP contribution in [0.25, 0.3) is 6.08 Å². The number of benzene rings is 1. The summed E-state index contributed by atoms with van der Waals surface area (Å²) in [4.78, 5) is 55.6. The Labute approximate surface area is 192 Å². The molecule has 5 atom stereocenters. The number of hydrogen-bond acceptors (Lipinski definition) is 6. The number of fused-ring (bicyclic) bond motifs is 9. The SMILES string of the molecule is Cc1cccc(NC(=O)CCN2C(=O)[C@H]3[C@H]4C[C@H](C5=Cc6sc(=O)[nH]c6S[C@H]54)[C@H]3C2=O)c1. The molecule has 3 fully saturated rings. The van der Waals surface area contributed by atoms with Crippen molar-refractivity contribution in [3.05, 3.63) is 49.9 Å². The van der Waals surface area contributed by atoms with Crippen LogP contribution in [0.3, 0.4) is 0 Å². The number of nitrogens with one attached hydrogen (secondary N) is 2. The Bertz CT molecular complexity index is 1260. The first kappa shape index (κ1) is 20.0. The Hall–Kier alpha value is -2.65. The van der Waals surface area contributed by atoms with Gasteiger partial charge in [0.1, 0.15) is 0 Å². The number of carbonyl (C=O) groups excluding carboxylic acids is 3. The molecule has 2 aliphatic carbocycles. The normalized spacial score (nSPS) is 29.6. The van der Waals surface area contributed by atoms with Gasteiger partial charge < -0.3 is 10.3 Å². The van der Waals surface area contributed by atoms with Crippen LogP contribution in [0, 0.1) is 30.6 Å². The largest absolute Gasteiger partial charge is 0.326 e. The Balaban J connectivity index is 1.17. The molecule has 1 aromatic carbocycles. The molecule has 4 aliphatic rings. The molecule has 164 valence electrons. The third-order valence-corrected chi connectivity index (χ3v) is 9.50. The van der Waals surface area contributed by atoms with E-state index in [1.54, 1.807) is 11.8 Å². The summed E-state index contributed by atoms with van der Waals surface area (Å²) in [5, 5.41) is 3.85. The van der Waals surface area contributed by atoms with Gasteiger partial charge in [0.2, 0.25) is 17.7 Å². The first-order chi connectivity index (χ1) is 15.4. The molecule has 6 rings (SSSR count). The highest BCUT2D eigenvalue weighted by Crippen LogP contribution is 2.64. The molecule has 2 saturated carbocycles. The third kappa shape index (κ3) is 2.94. The number of thioether (sulfide) groups is 1. The summed E-state index contributed by atoms with van der Waals surface area (Å²) in [5.41, 5.74) is 2.95. The van der Waals surface area contributed by atoms with E-state index in [1.807, 2.05) is 31.2 Å². The van der Waals surface area contributed by atoms with Crippen LogP contribution in [-0.2, 0) is 14.4 Å². The Morgan fingerprint density at radius 2 is 2.03 bits per heavy atom. The fourth-order valence-electron chi connectivity index (χ4n) is 5.86. The fourth-order valence-corrected chi connectivity index (χ4v) is 8.30. The Morgan fingerprint density at radius 1 is 1.22 bits per heavy atom. The number of hydrogen-bond donors (Lipinski definition) is 2. The molecule has 2 N–H and O–H groups in total. The van der Waals surface area contributed by atoms with E-state index in [0.717, 1.165) is 21.9 Å². The maximum atomic E-state index is 13.2. The minimum Gasteiger partial charge on any atom is -0.326 e. The van der Waals surface area contributed by atoms with Gasteiger partial charge >= 0.3 is 4.87 Å². The van der Waals surface area contributed by atoms with E-state index in [4.69, 9.17) is 0 Å². The monoisotopic (exact) mass is 467 g/mol. The van der Waals surface area contributed by atoms with E-state index in [-0.39, 0.29) is 64.5 Å². The van der Waals surface area contributed by atoms with Crippen LogP contribution in [0.5, 0.6) is 0 Å². The maximum Gasteiger partial charge on any atom is 0.305 e. The summed E-state index contributed by atoms with van der Waals surface area (Å²) < 4.78 is 0. The highest BCUT2D eigenvalue weighted by molar-refractivity contribution is 8.00. The second kappa shape index (κ2) is 7.18. The summed E-state index contributed by atoms with van der Waals surface area (Å²) in [7, 11) is 0. The summed E-state index contributed by atoms with van der Waals surface area (Å²) in [6.45, 7) is 2.06. The number of aryl methyl sites for hydroxylation is 1. The number of carbonyl (C=O) groups is 3. The molecule has 0 unspecified atom stereocenters. The lowest BCUT2D eigenvalue weighted by Gasteiger charge is -2.32. The molecule has 2 aliphatic heterocycles. The predicted octanol–water partition coefficient (Wildman–Crippen LogP) is 2.88. The van der Waals surface area contributed by atoms with Crippen molar-refractivity contribution in [1.82, 2.24) is 9.88 Å². The number of thiazole rings is 1. The number of amides is 3. The lowest BCUT2D eigenvalue weighted by Crippen LogP contribution is -2.35. The summed E-state index contributed by atoms with van der Waals surface area (Å²) in [5.74, 6) is -0.984. The van der Waals surface area contributed by atoms with E-state index >= 15 is 0 Å². The standard InChI is InChI=1S/C23H21N3O4S2/c1-10-3-2-4-11(7-10)24-16(27)5-6-26-21(28)17-12-8-14(18(17)22(26)29)19-13(12)9-15-20(32-19)25-23(30)31-15/h2-4,7,9,12,14,17-19H,5-6,8H2,1H3,(H,24,27)(H,25,30)/t12-,14-,17-,18+,19-/m1/s1. The highest BCUT2D eigenvalue weighted by atomic mass is 32.2. The summed E-state index contributed by atoms with van der Waals surface area (Å²) >= 11 is 2.82. The predicted molar refractivity (Wildman–Crippen MR) is 122 cm³/mol. The quantitative estimate of drug-likeness (QED) is 0.674. The fraction of sp³-hybridized carbons (Fsp3) is 0.391. The van der Waals surface area contributed by atoms with Crippen molar-refractivity contribution in [3.8, 4) is 0 Å². The highest BCUT2D eigenvalue weighted by Gasteiger charge is 2.66. The zero-order valence-electron chi connectivity index (χ0n) is 17.3. The average molecular weight is 468 g/mol. The van der Waals surface area contributed by atoms with Crippen molar-refractivity contribution < 1.29 is 14.4 Å². The van der Waals surface area contributed by atoms with Gasteiger partial charge in [-0.3, -0.25) is 24.1 Å². The van der Waals surface area contributed by atoms with Crippen LogP contribution in [0.2, 0.25) is 0 Å². The Kier molecular flexibility index (Phi) is 4.49. The van der Waals surface area contributed by atoms with Crippen molar-refractivity contribution >= 4 is 52.6 Å². The van der Waals surface area contributed by atoms with Crippen LogP contribution >= 0.6 is 23.1 Å². The van der Waals surface area contributed by atoms with E-state index in [2.05, 4.69) is 16.4 Å². The van der Waals surface area contributed by atoms with E-state index in [0.29, 0.717) is 5.69 Å². The molecule has 1 aromatic heterocycles. The van der Waals surface area contributed by atoms with Gasteiger partial charge in [0.05, 0.1) is 21.7 Å². The number of likely N-dealkylation sites (tertiary alicyclic amines) is 1. The number of aromatic nitrogens is 1. The van der Waals surface area contributed by atoms with Gasteiger partial charge in [-0.05, 0) is 49.0 Å². The first-order valence-electron chi connectivity index (χ1n) is 10.7. The molecule has 0 spiro atoms. The molecule has 3 heterocycles. The number of aromatic amines is 1. The number of anilines is 1. The summed E-state index contributed by atoms with van der Waals surface area (Å²) in [6.07, 6.45) is 2.99. The van der Waals surface area contributed by atoms with Crippen molar-refractivity contribution in [3.63, 3.8) is 0 Å². The molecule has 7 nitrogen and oxygen atoms in total. The molecular formula is C23H21N3O4S2.